The zero-order valence-electron chi connectivity index (χ0n) is 19.6. The van der Waals surface area contributed by atoms with Gasteiger partial charge in [-0.3, -0.25) is 9.36 Å². The highest BCUT2D eigenvalue weighted by atomic mass is 32.2. The smallest absolute Gasteiger partial charge is 0.267 e. The number of halogens is 1. The van der Waals surface area contributed by atoms with Crippen LogP contribution in [0.15, 0.2) is 52.2 Å². The summed E-state index contributed by atoms with van der Waals surface area (Å²) >= 11 is 0. The maximum absolute atomic E-state index is 15.1. The quantitative estimate of drug-likeness (QED) is 0.405. The fraction of sp³-hybridized carbons (Fsp3) is 0.208. The molecule has 2 aromatic heterocycles. The number of hydrogen-bond donors (Lipinski definition) is 2. The Morgan fingerprint density at radius 2 is 1.86 bits per heavy atom. The second kappa shape index (κ2) is 8.82. The van der Waals surface area contributed by atoms with Crippen molar-refractivity contribution in [3.63, 3.8) is 0 Å². The Morgan fingerprint density at radius 3 is 2.57 bits per heavy atom. The van der Waals surface area contributed by atoms with Crippen LogP contribution in [0, 0.1) is 17.1 Å². The average molecular weight is 521 g/mol. The number of sulfone groups is 1. The molecule has 37 heavy (non-hydrogen) atoms. The third-order valence-electron chi connectivity index (χ3n) is 6.25. The lowest BCUT2D eigenvalue weighted by molar-refractivity contribution is 0.591. The number of para-hydroxylation sites is 1. The SMILES string of the molecule is CS(=O)(=O)c1cccc2nc([C@@H]3CCCN3c3nc(N)nc(N)c3C#N)n(-c3ccccc3F)c(=O)c12. The first-order valence-electron chi connectivity index (χ1n) is 11.2. The van der Waals surface area contributed by atoms with E-state index in [1.807, 2.05) is 6.07 Å². The van der Waals surface area contributed by atoms with E-state index in [1.54, 1.807) is 11.0 Å². The van der Waals surface area contributed by atoms with Crippen LogP contribution in [-0.2, 0) is 9.84 Å². The Labute approximate surface area is 210 Å². The molecule has 4 N–H and O–H groups in total. The third kappa shape index (κ3) is 4.01. The molecular weight excluding hydrogens is 499 g/mol. The van der Waals surface area contributed by atoms with Crippen molar-refractivity contribution in [3.05, 3.63) is 70.0 Å². The van der Waals surface area contributed by atoms with Crippen molar-refractivity contribution in [1.82, 2.24) is 19.5 Å². The van der Waals surface area contributed by atoms with E-state index < -0.39 is 27.3 Å². The van der Waals surface area contributed by atoms with Crippen LogP contribution in [0.4, 0.5) is 22.0 Å². The average Bonchev–Trinajstić information content (AvgIpc) is 3.33. The maximum atomic E-state index is 15.1. The monoisotopic (exact) mass is 520 g/mol. The minimum atomic E-state index is -3.80. The minimum absolute atomic E-state index is 0.0149. The van der Waals surface area contributed by atoms with E-state index in [9.17, 15) is 18.5 Å². The van der Waals surface area contributed by atoms with Gasteiger partial charge in [0.2, 0.25) is 5.95 Å². The number of aromatic nitrogens is 4. The van der Waals surface area contributed by atoms with E-state index in [-0.39, 0.29) is 50.5 Å². The molecule has 0 amide bonds. The number of hydrogen-bond acceptors (Lipinski definition) is 10. The first-order chi connectivity index (χ1) is 17.6. The second-order valence-corrected chi connectivity index (χ2v) is 10.6. The van der Waals surface area contributed by atoms with Gasteiger partial charge in [-0.2, -0.15) is 15.2 Å². The van der Waals surface area contributed by atoms with Gasteiger partial charge in [0.05, 0.1) is 27.5 Å². The molecule has 0 saturated carbocycles. The van der Waals surface area contributed by atoms with Crippen LogP contribution in [0.25, 0.3) is 16.6 Å². The number of nitrogens with two attached hydrogens (primary N) is 2. The summed E-state index contributed by atoms with van der Waals surface area (Å²) in [5, 5.41) is 9.57. The van der Waals surface area contributed by atoms with E-state index >= 15 is 4.39 Å². The van der Waals surface area contributed by atoms with Crippen molar-refractivity contribution in [2.45, 2.75) is 23.8 Å². The summed E-state index contributed by atoms with van der Waals surface area (Å²) in [4.78, 5) is 28.3. The number of nitrogens with zero attached hydrogens (tertiary/aromatic N) is 6. The van der Waals surface area contributed by atoms with E-state index in [1.165, 1.54) is 36.4 Å². The van der Waals surface area contributed by atoms with Crippen LogP contribution in [-0.4, -0.2) is 40.7 Å². The van der Waals surface area contributed by atoms with Crippen molar-refractivity contribution >= 4 is 38.3 Å². The van der Waals surface area contributed by atoms with Gasteiger partial charge in [-0.25, -0.2) is 17.8 Å². The summed E-state index contributed by atoms with van der Waals surface area (Å²) < 4.78 is 41.2. The molecule has 5 rings (SSSR count). The summed E-state index contributed by atoms with van der Waals surface area (Å²) in [6.45, 7) is 0.420. The van der Waals surface area contributed by atoms with Gasteiger partial charge >= 0.3 is 0 Å². The zero-order valence-corrected chi connectivity index (χ0v) is 20.4. The first-order valence-corrected chi connectivity index (χ1v) is 13.1. The minimum Gasteiger partial charge on any atom is -0.382 e. The first kappa shape index (κ1) is 24.1. The van der Waals surface area contributed by atoms with Gasteiger partial charge in [0.1, 0.15) is 29.1 Å². The summed E-state index contributed by atoms with van der Waals surface area (Å²) in [7, 11) is -3.80. The summed E-state index contributed by atoms with van der Waals surface area (Å²) in [5.74, 6) is -0.583. The molecule has 0 unspecified atom stereocenters. The van der Waals surface area contributed by atoms with Crippen LogP contribution >= 0.6 is 0 Å². The van der Waals surface area contributed by atoms with Gasteiger partial charge < -0.3 is 16.4 Å². The van der Waals surface area contributed by atoms with Gasteiger partial charge in [-0.15, -0.1) is 0 Å². The van der Waals surface area contributed by atoms with Crippen LogP contribution in [0.5, 0.6) is 0 Å². The lowest BCUT2D eigenvalue weighted by atomic mass is 10.1. The van der Waals surface area contributed by atoms with Gasteiger partial charge in [0.15, 0.2) is 15.7 Å². The van der Waals surface area contributed by atoms with Crippen LogP contribution in [0.3, 0.4) is 0 Å². The molecule has 1 saturated heterocycles. The fourth-order valence-corrected chi connectivity index (χ4v) is 5.59. The summed E-state index contributed by atoms with van der Waals surface area (Å²) in [6, 6.07) is 11.4. The maximum Gasteiger partial charge on any atom is 0.267 e. The summed E-state index contributed by atoms with van der Waals surface area (Å²) in [6.07, 6.45) is 2.11. The molecule has 11 nitrogen and oxygen atoms in total. The highest BCUT2D eigenvalue weighted by Crippen LogP contribution is 2.38. The molecule has 4 aromatic rings. The largest absolute Gasteiger partial charge is 0.382 e. The molecule has 1 aliphatic rings. The van der Waals surface area contributed by atoms with Crippen molar-refractivity contribution < 1.29 is 12.8 Å². The molecule has 0 aliphatic carbocycles. The molecule has 3 heterocycles. The van der Waals surface area contributed by atoms with E-state index in [0.717, 1.165) is 10.8 Å². The van der Waals surface area contributed by atoms with Crippen molar-refractivity contribution in [2.75, 3.05) is 29.2 Å². The lowest BCUT2D eigenvalue weighted by Crippen LogP contribution is -2.33. The molecular formula is C24H21FN8O3S. The Kier molecular flexibility index (Phi) is 5.76. The topological polar surface area (TPSA) is 174 Å². The number of anilines is 3. The predicted octanol–water partition coefficient (Wildman–Crippen LogP) is 2.10. The fourth-order valence-electron chi connectivity index (χ4n) is 4.70. The predicted molar refractivity (Wildman–Crippen MR) is 135 cm³/mol. The number of fused-ring (bicyclic) bond motifs is 1. The normalized spacial score (nSPS) is 15.7. The number of nitriles is 1. The molecule has 0 radical (unpaired) electrons. The lowest BCUT2D eigenvalue weighted by Gasteiger charge is -2.28. The summed E-state index contributed by atoms with van der Waals surface area (Å²) in [5.41, 5.74) is 11.1. The molecule has 1 fully saturated rings. The van der Waals surface area contributed by atoms with Gasteiger partial charge in [-0.05, 0) is 37.1 Å². The second-order valence-electron chi connectivity index (χ2n) is 8.61. The highest BCUT2D eigenvalue weighted by molar-refractivity contribution is 7.91. The highest BCUT2D eigenvalue weighted by Gasteiger charge is 2.35. The Bertz CT molecular complexity index is 1780. The van der Waals surface area contributed by atoms with Crippen molar-refractivity contribution in [2.24, 2.45) is 0 Å². The number of benzene rings is 2. The molecule has 2 aromatic carbocycles. The number of rotatable bonds is 4. The Balaban J connectivity index is 1.85. The van der Waals surface area contributed by atoms with E-state index in [2.05, 4.69) is 15.0 Å². The molecule has 13 heteroatoms. The third-order valence-corrected chi connectivity index (χ3v) is 7.39. The molecule has 188 valence electrons. The van der Waals surface area contributed by atoms with E-state index in [0.29, 0.717) is 19.4 Å². The Morgan fingerprint density at radius 1 is 1.11 bits per heavy atom. The molecule has 1 atom stereocenters. The van der Waals surface area contributed by atoms with Crippen LogP contribution in [0.2, 0.25) is 0 Å². The van der Waals surface area contributed by atoms with Crippen molar-refractivity contribution in [3.8, 4) is 11.8 Å². The van der Waals surface area contributed by atoms with Crippen LogP contribution < -0.4 is 21.9 Å². The zero-order chi connectivity index (χ0) is 26.5. The van der Waals surface area contributed by atoms with Crippen LogP contribution in [0.1, 0.15) is 30.3 Å². The Hall–Kier alpha value is -4.57. The van der Waals surface area contributed by atoms with Gasteiger partial charge in [0.25, 0.3) is 5.56 Å². The molecule has 0 spiro atoms. The molecule has 0 bridgehead atoms. The molecule has 1 aliphatic heterocycles. The standard InChI is InChI=1S/C24H21FN8O3S/c1-37(35,36)18-10-4-7-15-19(18)23(34)33(16-8-3-2-6-14(16)25)22(29-15)17-9-5-11-32(17)21-13(12-26)20(27)30-24(28)31-21/h2-4,6-8,10,17H,5,9,11H2,1H3,(H4,27,28,30,31)/t17-/m0/s1. The van der Waals surface area contributed by atoms with E-state index in [4.69, 9.17) is 11.5 Å². The van der Waals surface area contributed by atoms with Crippen molar-refractivity contribution in [1.29, 1.82) is 5.26 Å². The van der Waals surface area contributed by atoms with Gasteiger partial charge in [0, 0.05) is 12.8 Å². The van der Waals surface area contributed by atoms with Gasteiger partial charge in [-0.1, -0.05) is 18.2 Å². The number of nitrogen functional groups attached to an aromatic ring is 2.